The molecule has 0 aromatic heterocycles. The van der Waals surface area contributed by atoms with Crippen LogP contribution in [0.4, 0.5) is 5.69 Å². The number of nitrogens with one attached hydrogen (secondary N) is 1. The molecular formula is C13H19ClN2O. The molecule has 0 radical (unpaired) electrons. The standard InChI is InChI=1S/C13H19ClN2O/c1-8(2)9(3)7-16-13(17)12-10(14)5-4-6-11(12)15/h4-6,8-9H,7,15H2,1-3H3,(H,16,17). The van der Waals surface area contributed by atoms with E-state index in [0.717, 1.165) is 0 Å². The zero-order valence-electron chi connectivity index (χ0n) is 10.5. The van der Waals surface area contributed by atoms with Crippen LogP contribution in [0, 0.1) is 11.8 Å². The summed E-state index contributed by atoms with van der Waals surface area (Å²) in [7, 11) is 0. The zero-order valence-corrected chi connectivity index (χ0v) is 11.2. The lowest BCUT2D eigenvalue weighted by Crippen LogP contribution is -2.30. The molecule has 1 atom stereocenters. The lowest BCUT2D eigenvalue weighted by molar-refractivity contribution is 0.0946. The molecule has 4 heteroatoms. The van der Waals surface area contributed by atoms with Crippen molar-refractivity contribution in [1.29, 1.82) is 0 Å². The van der Waals surface area contributed by atoms with Crippen LogP contribution in [0.15, 0.2) is 18.2 Å². The Morgan fingerprint density at radius 3 is 2.59 bits per heavy atom. The number of anilines is 1. The topological polar surface area (TPSA) is 55.1 Å². The summed E-state index contributed by atoms with van der Waals surface area (Å²) in [6.07, 6.45) is 0. The van der Waals surface area contributed by atoms with Crippen LogP contribution in [0.25, 0.3) is 0 Å². The molecule has 94 valence electrons. The molecule has 0 heterocycles. The van der Waals surface area contributed by atoms with Gasteiger partial charge in [-0.3, -0.25) is 4.79 Å². The van der Waals surface area contributed by atoms with Gasteiger partial charge in [0.2, 0.25) is 0 Å². The second-order valence-electron chi connectivity index (χ2n) is 4.64. The highest BCUT2D eigenvalue weighted by atomic mass is 35.5. The van der Waals surface area contributed by atoms with Crippen LogP contribution in [-0.4, -0.2) is 12.5 Å². The number of halogens is 1. The van der Waals surface area contributed by atoms with E-state index in [9.17, 15) is 4.79 Å². The molecule has 0 bridgehead atoms. The fourth-order valence-electron chi connectivity index (χ4n) is 1.36. The molecule has 3 N–H and O–H groups in total. The first-order valence-corrected chi connectivity index (χ1v) is 6.13. The second-order valence-corrected chi connectivity index (χ2v) is 5.04. The predicted octanol–water partition coefficient (Wildman–Crippen LogP) is 2.94. The van der Waals surface area contributed by atoms with Gasteiger partial charge in [0.15, 0.2) is 0 Å². The smallest absolute Gasteiger partial charge is 0.254 e. The molecule has 1 amide bonds. The first-order chi connectivity index (χ1) is 7.93. The molecule has 0 fully saturated rings. The minimum Gasteiger partial charge on any atom is -0.398 e. The maximum absolute atomic E-state index is 11.9. The molecule has 0 aliphatic rings. The highest BCUT2D eigenvalue weighted by Gasteiger charge is 2.15. The van der Waals surface area contributed by atoms with Crippen molar-refractivity contribution in [3.8, 4) is 0 Å². The van der Waals surface area contributed by atoms with Crippen molar-refractivity contribution < 1.29 is 4.79 Å². The summed E-state index contributed by atoms with van der Waals surface area (Å²) < 4.78 is 0. The SMILES string of the molecule is CC(C)C(C)CNC(=O)c1c(N)cccc1Cl. The van der Waals surface area contributed by atoms with E-state index in [4.69, 9.17) is 17.3 Å². The van der Waals surface area contributed by atoms with E-state index in [2.05, 4.69) is 26.1 Å². The summed E-state index contributed by atoms with van der Waals surface area (Å²) >= 11 is 5.96. The molecular weight excluding hydrogens is 236 g/mol. The summed E-state index contributed by atoms with van der Waals surface area (Å²) in [5, 5.41) is 3.25. The van der Waals surface area contributed by atoms with E-state index in [1.54, 1.807) is 18.2 Å². The van der Waals surface area contributed by atoms with Gasteiger partial charge in [-0.25, -0.2) is 0 Å². The molecule has 0 aliphatic heterocycles. The van der Waals surface area contributed by atoms with Gasteiger partial charge in [0.25, 0.3) is 5.91 Å². The third kappa shape index (κ3) is 3.63. The minimum absolute atomic E-state index is 0.208. The number of nitrogen functional groups attached to an aromatic ring is 1. The van der Waals surface area contributed by atoms with Gasteiger partial charge >= 0.3 is 0 Å². The lowest BCUT2D eigenvalue weighted by atomic mass is 9.98. The van der Waals surface area contributed by atoms with Gasteiger partial charge in [-0.1, -0.05) is 38.4 Å². The van der Waals surface area contributed by atoms with Gasteiger partial charge in [-0.15, -0.1) is 0 Å². The fourth-order valence-corrected chi connectivity index (χ4v) is 1.63. The second kappa shape index (κ2) is 5.92. The van der Waals surface area contributed by atoms with Gasteiger partial charge in [-0.05, 0) is 24.0 Å². The van der Waals surface area contributed by atoms with Crippen LogP contribution in [-0.2, 0) is 0 Å². The summed E-state index contributed by atoms with van der Waals surface area (Å²) in [6, 6.07) is 5.07. The van der Waals surface area contributed by atoms with E-state index in [0.29, 0.717) is 34.7 Å². The van der Waals surface area contributed by atoms with Gasteiger partial charge < -0.3 is 11.1 Å². The normalized spacial score (nSPS) is 12.5. The molecule has 0 aliphatic carbocycles. The Balaban J connectivity index is 2.71. The lowest BCUT2D eigenvalue weighted by Gasteiger charge is -2.16. The number of hydrogen-bond donors (Lipinski definition) is 2. The molecule has 3 nitrogen and oxygen atoms in total. The number of rotatable bonds is 4. The first kappa shape index (κ1) is 13.8. The van der Waals surface area contributed by atoms with Crippen LogP contribution in [0.3, 0.4) is 0 Å². The average molecular weight is 255 g/mol. The Morgan fingerprint density at radius 2 is 2.06 bits per heavy atom. The van der Waals surface area contributed by atoms with Crippen molar-refractivity contribution >= 4 is 23.2 Å². The molecule has 17 heavy (non-hydrogen) atoms. The van der Waals surface area contributed by atoms with Crippen molar-refractivity contribution in [2.45, 2.75) is 20.8 Å². The quantitative estimate of drug-likeness (QED) is 0.812. The van der Waals surface area contributed by atoms with Crippen LogP contribution >= 0.6 is 11.6 Å². The van der Waals surface area contributed by atoms with Gasteiger partial charge in [0.1, 0.15) is 0 Å². The van der Waals surface area contributed by atoms with Crippen molar-refractivity contribution in [2.24, 2.45) is 11.8 Å². The van der Waals surface area contributed by atoms with E-state index in [1.807, 2.05) is 0 Å². The Labute approximate surface area is 107 Å². The summed E-state index contributed by atoms with van der Waals surface area (Å²) in [5.41, 5.74) is 6.52. The first-order valence-electron chi connectivity index (χ1n) is 5.75. The average Bonchev–Trinajstić information content (AvgIpc) is 2.25. The number of amides is 1. The highest BCUT2D eigenvalue weighted by Crippen LogP contribution is 2.21. The zero-order chi connectivity index (χ0) is 13.0. The Morgan fingerprint density at radius 1 is 1.41 bits per heavy atom. The molecule has 0 spiro atoms. The monoisotopic (exact) mass is 254 g/mol. The third-order valence-corrected chi connectivity index (χ3v) is 3.31. The molecule has 0 saturated carbocycles. The largest absolute Gasteiger partial charge is 0.398 e. The Hall–Kier alpha value is -1.22. The maximum Gasteiger partial charge on any atom is 0.254 e. The predicted molar refractivity (Wildman–Crippen MR) is 72.2 cm³/mol. The molecule has 1 aromatic carbocycles. The van der Waals surface area contributed by atoms with Crippen LogP contribution in [0.5, 0.6) is 0 Å². The number of benzene rings is 1. The molecule has 1 aromatic rings. The Bertz CT molecular complexity index is 384. The van der Waals surface area contributed by atoms with E-state index in [-0.39, 0.29) is 5.91 Å². The van der Waals surface area contributed by atoms with Crippen molar-refractivity contribution in [2.75, 3.05) is 12.3 Å². The molecule has 1 rings (SSSR count). The minimum atomic E-state index is -0.208. The van der Waals surface area contributed by atoms with Gasteiger partial charge in [-0.2, -0.15) is 0 Å². The number of hydrogen-bond acceptors (Lipinski definition) is 2. The van der Waals surface area contributed by atoms with Crippen LogP contribution < -0.4 is 11.1 Å². The Kier molecular flexibility index (Phi) is 4.82. The number of nitrogens with two attached hydrogens (primary N) is 1. The molecule has 1 unspecified atom stereocenters. The van der Waals surface area contributed by atoms with Crippen LogP contribution in [0.1, 0.15) is 31.1 Å². The van der Waals surface area contributed by atoms with E-state index in [1.165, 1.54) is 0 Å². The van der Waals surface area contributed by atoms with Gasteiger partial charge in [0, 0.05) is 12.2 Å². The number of carbonyl (C=O) groups is 1. The van der Waals surface area contributed by atoms with Crippen LogP contribution in [0.2, 0.25) is 5.02 Å². The molecule has 0 saturated heterocycles. The highest BCUT2D eigenvalue weighted by molar-refractivity contribution is 6.34. The van der Waals surface area contributed by atoms with E-state index >= 15 is 0 Å². The number of carbonyl (C=O) groups excluding carboxylic acids is 1. The van der Waals surface area contributed by atoms with Gasteiger partial charge in [0.05, 0.1) is 10.6 Å². The summed E-state index contributed by atoms with van der Waals surface area (Å²) in [6.45, 7) is 6.98. The van der Waals surface area contributed by atoms with Crippen molar-refractivity contribution in [3.63, 3.8) is 0 Å². The van der Waals surface area contributed by atoms with Crippen molar-refractivity contribution in [1.82, 2.24) is 5.32 Å². The maximum atomic E-state index is 11.9. The summed E-state index contributed by atoms with van der Waals surface area (Å²) in [4.78, 5) is 11.9. The van der Waals surface area contributed by atoms with E-state index < -0.39 is 0 Å². The third-order valence-electron chi connectivity index (χ3n) is 3.00. The fraction of sp³-hybridized carbons (Fsp3) is 0.462. The van der Waals surface area contributed by atoms with Crippen molar-refractivity contribution in [3.05, 3.63) is 28.8 Å². The summed E-state index contributed by atoms with van der Waals surface area (Å²) in [5.74, 6) is 0.738.